The summed E-state index contributed by atoms with van der Waals surface area (Å²) < 4.78 is 1.51. The van der Waals surface area contributed by atoms with E-state index in [-0.39, 0.29) is 5.56 Å². The molecule has 0 radical (unpaired) electrons. The van der Waals surface area contributed by atoms with Crippen LogP contribution < -0.4 is 5.73 Å². The van der Waals surface area contributed by atoms with E-state index in [9.17, 15) is 4.79 Å². The quantitative estimate of drug-likeness (QED) is 0.746. The van der Waals surface area contributed by atoms with Gasteiger partial charge >= 0.3 is 5.97 Å². The Morgan fingerprint density at radius 2 is 2.25 bits per heavy atom. The molecule has 3 N–H and O–H groups in total. The van der Waals surface area contributed by atoms with E-state index in [4.69, 9.17) is 10.8 Å². The summed E-state index contributed by atoms with van der Waals surface area (Å²) >= 11 is 0. The fraction of sp³-hybridized carbons (Fsp3) is 0.0909. The molecule has 2 rings (SSSR count). The molecule has 0 aliphatic rings. The number of hydrogen-bond acceptors (Lipinski definition) is 3. The number of rotatable bonds is 2. The number of anilines is 1. The Morgan fingerprint density at radius 3 is 2.81 bits per heavy atom. The van der Waals surface area contributed by atoms with Gasteiger partial charge < -0.3 is 10.8 Å². The molecule has 1 aromatic heterocycles. The van der Waals surface area contributed by atoms with Gasteiger partial charge in [0.25, 0.3) is 0 Å². The normalized spacial score (nSPS) is 10.3. The Kier molecular flexibility index (Phi) is 2.36. The summed E-state index contributed by atoms with van der Waals surface area (Å²) in [6.45, 7) is 1.89. The highest BCUT2D eigenvalue weighted by atomic mass is 16.4. The van der Waals surface area contributed by atoms with E-state index in [1.807, 2.05) is 6.92 Å². The first kappa shape index (κ1) is 10.2. The van der Waals surface area contributed by atoms with E-state index in [0.29, 0.717) is 11.4 Å². The van der Waals surface area contributed by atoms with E-state index in [1.54, 1.807) is 24.5 Å². The second-order valence-electron chi connectivity index (χ2n) is 3.54. The van der Waals surface area contributed by atoms with Crippen molar-refractivity contribution in [3.63, 3.8) is 0 Å². The molecule has 1 aromatic carbocycles. The smallest absolute Gasteiger partial charge is 0.337 e. The molecule has 0 saturated heterocycles. The minimum atomic E-state index is -0.997. The molecule has 5 nitrogen and oxygen atoms in total. The summed E-state index contributed by atoms with van der Waals surface area (Å²) in [5.41, 5.74) is 7.75. The third kappa shape index (κ3) is 1.75. The Bertz CT molecular complexity index is 546. The van der Waals surface area contributed by atoms with Crippen LogP contribution in [0.3, 0.4) is 0 Å². The fourth-order valence-corrected chi connectivity index (χ4v) is 1.46. The number of hydrogen-bond donors (Lipinski definition) is 2. The Morgan fingerprint density at radius 1 is 1.50 bits per heavy atom. The number of benzene rings is 1. The average Bonchev–Trinajstić information content (AvgIpc) is 2.64. The molecule has 0 aliphatic heterocycles. The van der Waals surface area contributed by atoms with Gasteiger partial charge in [0.2, 0.25) is 0 Å². The molecule has 0 aliphatic carbocycles. The van der Waals surface area contributed by atoms with Crippen molar-refractivity contribution >= 4 is 11.7 Å². The van der Waals surface area contributed by atoms with Gasteiger partial charge in [-0.3, -0.25) is 0 Å². The van der Waals surface area contributed by atoms with E-state index in [0.717, 1.165) is 5.56 Å². The van der Waals surface area contributed by atoms with Crippen molar-refractivity contribution in [2.45, 2.75) is 6.92 Å². The molecule has 1 heterocycles. The standard InChI is InChI=1S/C11H11N3O2/c1-7-5-13-14(6-7)10-4-8(12)2-3-9(10)11(15)16/h2-6H,12H2,1H3,(H,15,16). The lowest BCUT2D eigenvalue weighted by atomic mass is 10.1. The van der Waals surface area contributed by atoms with Gasteiger partial charge in [-0.1, -0.05) is 0 Å². The number of carboxylic acid groups (broad SMARTS) is 1. The van der Waals surface area contributed by atoms with Gasteiger partial charge in [-0.15, -0.1) is 0 Å². The minimum Gasteiger partial charge on any atom is -0.478 e. The second kappa shape index (κ2) is 3.69. The number of aryl methyl sites for hydroxylation is 1. The molecule has 5 heteroatoms. The van der Waals surface area contributed by atoms with Crippen LogP contribution in [-0.2, 0) is 0 Å². The van der Waals surface area contributed by atoms with Crippen molar-refractivity contribution in [1.29, 1.82) is 0 Å². The lowest BCUT2D eigenvalue weighted by Gasteiger charge is -2.06. The molecular formula is C11H11N3O2. The number of aromatic nitrogens is 2. The van der Waals surface area contributed by atoms with E-state index in [2.05, 4.69) is 5.10 Å². The first-order chi connectivity index (χ1) is 7.58. The van der Waals surface area contributed by atoms with Crippen LogP contribution in [0.1, 0.15) is 15.9 Å². The summed E-state index contributed by atoms with van der Waals surface area (Å²) in [5, 5.41) is 13.1. The zero-order chi connectivity index (χ0) is 11.7. The number of nitrogen functional groups attached to an aromatic ring is 1. The molecule has 2 aromatic rings. The van der Waals surface area contributed by atoms with Gasteiger partial charge in [0.1, 0.15) is 0 Å². The minimum absolute atomic E-state index is 0.178. The van der Waals surface area contributed by atoms with Crippen molar-refractivity contribution in [3.8, 4) is 5.69 Å². The summed E-state index contributed by atoms with van der Waals surface area (Å²) in [5.74, 6) is -0.997. The van der Waals surface area contributed by atoms with Crippen LogP contribution in [0.5, 0.6) is 0 Å². The van der Waals surface area contributed by atoms with E-state index in [1.165, 1.54) is 10.7 Å². The van der Waals surface area contributed by atoms with Crippen molar-refractivity contribution in [2.24, 2.45) is 0 Å². The fourth-order valence-electron chi connectivity index (χ4n) is 1.46. The predicted molar refractivity (Wildman–Crippen MR) is 59.7 cm³/mol. The maximum absolute atomic E-state index is 11.0. The third-order valence-corrected chi connectivity index (χ3v) is 2.21. The highest BCUT2D eigenvalue weighted by Crippen LogP contribution is 2.18. The molecule has 0 spiro atoms. The zero-order valence-corrected chi connectivity index (χ0v) is 8.71. The summed E-state index contributed by atoms with van der Waals surface area (Å²) in [7, 11) is 0. The summed E-state index contributed by atoms with van der Waals surface area (Å²) in [4.78, 5) is 11.0. The molecule has 0 saturated carbocycles. The summed E-state index contributed by atoms with van der Waals surface area (Å²) in [6, 6.07) is 4.63. The topological polar surface area (TPSA) is 81.1 Å². The van der Waals surface area contributed by atoms with Crippen LogP contribution in [0, 0.1) is 6.92 Å². The molecular weight excluding hydrogens is 206 g/mol. The zero-order valence-electron chi connectivity index (χ0n) is 8.71. The number of carbonyl (C=O) groups is 1. The van der Waals surface area contributed by atoms with Gasteiger partial charge in [-0.2, -0.15) is 5.10 Å². The molecule has 0 atom stereocenters. The van der Waals surface area contributed by atoms with Gasteiger partial charge in [0, 0.05) is 11.9 Å². The van der Waals surface area contributed by atoms with Crippen LogP contribution in [0.4, 0.5) is 5.69 Å². The molecule has 16 heavy (non-hydrogen) atoms. The van der Waals surface area contributed by atoms with Crippen LogP contribution in [0.15, 0.2) is 30.6 Å². The summed E-state index contributed by atoms with van der Waals surface area (Å²) in [6.07, 6.45) is 3.41. The van der Waals surface area contributed by atoms with Crippen molar-refractivity contribution < 1.29 is 9.90 Å². The van der Waals surface area contributed by atoms with Gasteiger partial charge in [-0.25, -0.2) is 9.48 Å². The monoisotopic (exact) mass is 217 g/mol. The van der Waals surface area contributed by atoms with Crippen molar-refractivity contribution in [2.75, 3.05) is 5.73 Å². The molecule has 0 unspecified atom stereocenters. The van der Waals surface area contributed by atoms with E-state index < -0.39 is 5.97 Å². The second-order valence-corrected chi connectivity index (χ2v) is 3.54. The Hall–Kier alpha value is -2.30. The Balaban J connectivity index is 2.62. The molecule has 0 bridgehead atoms. The largest absolute Gasteiger partial charge is 0.478 e. The van der Waals surface area contributed by atoms with Crippen LogP contribution in [0.25, 0.3) is 5.69 Å². The maximum atomic E-state index is 11.0. The Labute approximate surface area is 92.1 Å². The highest BCUT2D eigenvalue weighted by Gasteiger charge is 2.12. The van der Waals surface area contributed by atoms with Crippen LogP contribution >= 0.6 is 0 Å². The van der Waals surface area contributed by atoms with E-state index >= 15 is 0 Å². The first-order valence-corrected chi connectivity index (χ1v) is 4.72. The lowest BCUT2D eigenvalue weighted by Crippen LogP contribution is -2.06. The lowest BCUT2D eigenvalue weighted by molar-refractivity contribution is 0.0697. The van der Waals surface area contributed by atoms with Gasteiger partial charge in [0.15, 0.2) is 0 Å². The molecule has 0 fully saturated rings. The maximum Gasteiger partial charge on any atom is 0.337 e. The number of carboxylic acids is 1. The highest BCUT2D eigenvalue weighted by molar-refractivity contribution is 5.92. The third-order valence-electron chi connectivity index (χ3n) is 2.21. The average molecular weight is 217 g/mol. The predicted octanol–water partition coefficient (Wildman–Crippen LogP) is 1.46. The van der Waals surface area contributed by atoms with Crippen LogP contribution in [-0.4, -0.2) is 20.9 Å². The number of nitrogens with two attached hydrogens (primary N) is 1. The SMILES string of the molecule is Cc1cnn(-c2cc(N)ccc2C(=O)O)c1. The van der Waals surface area contributed by atoms with Crippen molar-refractivity contribution in [1.82, 2.24) is 9.78 Å². The number of nitrogens with zero attached hydrogens (tertiary/aromatic N) is 2. The first-order valence-electron chi connectivity index (χ1n) is 4.72. The van der Waals surface area contributed by atoms with Gasteiger partial charge in [-0.05, 0) is 30.7 Å². The molecule has 82 valence electrons. The molecule has 0 amide bonds. The van der Waals surface area contributed by atoms with Crippen LogP contribution in [0.2, 0.25) is 0 Å². The van der Waals surface area contributed by atoms with Gasteiger partial charge in [0.05, 0.1) is 17.4 Å². The number of aromatic carboxylic acids is 1. The van der Waals surface area contributed by atoms with Crippen molar-refractivity contribution in [3.05, 3.63) is 41.7 Å².